The Morgan fingerprint density at radius 3 is 2.50 bits per heavy atom. The molecule has 0 bridgehead atoms. The number of thiophene rings is 1. The molecular weight excluding hydrogens is 274 g/mol. The number of carbonyl (C=O) groups is 1. The molecule has 0 fully saturated rings. The van der Waals surface area contributed by atoms with E-state index in [0.717, 1.165) is 17.8 Å². The number of hydrogen-bond acceptors (Lipinski definition) is 4. The highest BCUT2D eigenvalue weighted by atomic mass is 32.2. The molecule has 0 radical (unpaired) electrons. The van der Waals surface area contributed by atoms with Crippen molar-refractivity contribution in [3.8, 4) is 0 Å². The third kappa shape index (κ3) is 4.08. The van der Waals surface area contributed by atoms with Crippen molar-refractivity contribution in [1.29, 1.82) is 0 Å². The number of carboxylic acids is 1. The summed E-state index contributed by atoms with van der Waals surface area (Å²) < 4.78 is 26.5. The van der Waals surface area contributed by atoms with Gasteiger partial charge >= 0.3 is 5.97 Å². The van der Waals surface area contributed by atoms with Crippen molar-refractivity contribution in [3.63, 3.8) is 0 Å². The Balaban J connectivity index is 2.82. The zero-order chi connectivity index (χ0) is 13.9. The summed E-state index contributed by atoms with van der Waals surface area (Å²) in [5.41, 5.74) is 0. The number of rotatable bonds is 6. The van der Waals surface area contributed by atoms with Gasteiger partial charge in [0.1, 0.15) is 4.88 Å². The Bertz CT molecular complexity index is 519. The topological polar surface area (TPSA) is 83.5 Å². The molecule has 0 aliphatic carbocycles. The molecule has 0 aromatic carbocycles. The average Bonchev–Trinajstić information content (AvgIpc) is 2.63. The van der Waals surface area contributed by atoms with E-state index in [4.69, 9.17) is 5.11 Å². The van der Waals surface area contributed by atoms with Crippen molar-refractivity contribution in [2.75, 3.05) is 0 Å². The molecule has 7 heteroatoms. The SMILES string of the molecule is CC(C)CC(C)NS(=O)(=O)c1csc(C(=O)O)c1. The summed E-state index contributed by atoms with van der Waals surface area (Å²) in [5.74, 6) is -0.726. The normalized spacial score (nSPS) is 13.8. The molecule has 18 heavy (non-hydrogen) atoms. The van der Waals surface area contributed by atoms with Crippen LogP contribution in [0.2, 0.25) is 0 Å². The van der Waals surface area contributed by atoms with Crippen LogP contribution >= 0.6 is 11.3 Å². The Labute approximate surface area is 111 Å². The summed E-state index contributed by atoms with van der Waals surface area (Å²) in [6.07, 6.45) is 0.731. The molecular formula is C11H17NO4S2. The maximum atomic E-state index is 12.0. The maximum Gasteiger partial charge on any atom is 0.345 e. The van der Waals surface area contributed by atoms with E-state index in [2.05, 4.69) is 4.72 Å². The molecule has 1 unspecified atom stereocenters. The van der Waals surface area contributed by atoms with Crippen molar-refractivity contribution >= 4 is 27.3 Å². The van der Waals surface area contributed by atoms with Gasteiger partial charge in [0.05, 0.1) is 4.90 Å². The van der Waals surface area contributed by atoms with Gasteiger partial charge in [-0.1, -0.05) is 13.8 Å². The van der Waals surface area contributed by atoms with Gasteiger partial charge in [-0.15, -0.1) is 11.3 Å². The largest absolute Gasteiger partial charge is 0.477 e. The van der Waals surface area contributed by atoms with Crippen molar-refractivity contribution in [2.45, 2.75) is 38.1 Å². The van der Waals surface area contributed by atoms with Crippen LogP contribution in [0.5, 0.6) is 0 Å². The van der Waals surface area contributed by atoms with Gasteiger partial charge in [-0.25, -0.2) is 17.9 Å². The van der Waals surface area contributed by atoms with E-state index in [-0.39, 0.29) is 15.8 Å². The molecule has 0 saturated carbocycles. The van der Waals surface area contributed by atoms with Crippen LogP contribution in [0.4, 0.5) is 0 Å². The fourth-order valence-electron chi connectivity index (χ4n) is 1.66. The fraction of sp³-hybridized carbons (Fsp3) is 0.545. The van der Waals surface area contributed by atoms with Gasteiger partial charge in [0.2, 0.25) is 10.0 Å². The summed E-state index contributed by atoms with van der Waals surface area (Å²) in [6.45, 7) is 5.82. The van der Waals surface area contributed by atoms with E-state index in [1.807, 2.05) is 13.8 Å². The van der Waals surface area contributed by atoms with Crippen molar-refractivity contribution in [3.05, 3.63) is 16.3 Å². The molecule has 1 heterocycles. The summed E-state index contributed by atoms with van der Waals surface area (Å²) >= 11 is 0.907. The van der Waals surface area contributed by atoms with Crippen LogP contribution in [0.3, 0.4) is 0 Å². The Kier molecular flexibility index (Phi) is 4.89. The first kappa shape index (κ1) is 15.1. The zero-order valence-electron chi connectivity index (χ0n) is 10.5. The molecule has 1 aromatic rings. The highest BCUT2D eigenvalue weighted by Crippen LogP contribution is 2.20. The average molecular weight is 291 g/mol. The van der Waals surface area contributed by atoms with E-state index < -0.39 is 16.0 Å². The first-order valence-corrected chi connectivity index (χ1v) is 7.93. The Morgan fingerprint density at radius 2 is 2.06 bits per heavy atom. The minimum Gasteiger partial charge on any atom is -0.477 e. The fourth-order valence-corrected chi connectivity index (χ4v) is 4.03. The van der Waals surface area contributed by atoms with Gasteiger partial charge < -0.3 is 5.11 Å². The zero-order valence-corrected chi connectivity index (χ0v) is 12.1. The highest BCUT2D eigenvalue weighted by molar-refractivity contribution is 7.89. The molecule has 0 spiro atoms. The molecule has 1 aromatic heterocycles. The van der Waals surface area contributed by atoms with Crippen molar-refractivity contribution in [2.24, 2.45) is 5.92 Å². The van der Waals surface area contributed by atoms with E-state index in [1.165, 1.54) is 11.4 Å². The molecule has 5 nitrogen and oxygen atoms in total. The first-order valence-electron chi connectivity index (χ1n) is 5.56. The third-order valence-electron chi connectivity index (χ3n) is 2.28. The van der Waals surface area contributed by atoms with Crippen molar-refractivity contribution < 1.29 is 18.3 Å². The Morgan fingerprint density at radius 1 is 1.44 bits per heavy atom. The molecule has 0 aliphatic heterocycles. The van der Waals surface area contributed by atoms with Crippen LogP contribution in [-0.4, -0.2) is 25.5 Å². The van der Waals surface area contributed by atoms with E-state index in [0.29, 0.717) is 5.92 Å². The molecule has 2 N–H and O–H groups in total. The first-order chi connectivity index (χ1) is 8.22. The lowest BCUT2D eigenvalue weighted by atomic mass is 10.1. The third-order valence-corrected chi connectivity index (χ3v) is 4.91. The van der Waals surface area contributed by atoms with Gasteiger partial charge in [-0.2, -0.15) is 0 Å². The van der Waals surface area contributed by atoms with Gasteiger partial charge in [-0.3, -0.25) is 0 Å². The standard InChI is InChI=1S/C11H17NO4S2/c1-7(2)4-8(3)12-18(15,16)9-5-10(11(13)14)17-6-9/h5-8,12H,4H2,1-3H3,(H,13,14). The van der Waals surface area contributed by atoms with Gasteiger partial charge in [-0.05, 0) is 25.3 Å². The molecule has 102 valence electrons. The monoisotopic (exact) mass is 291 g/mol. The van der Waals surface area contributed by atoms with Crippen LogP contribution in [0.25, 0.3) is 0 Å². The van der Waals surface area contributed by atoms with Gasteiger partial charge in [0.25, 0.3) is 0 Å². The van der Waals surface area contributed by atoms with E-state index in [9.17, 15) is 13.2 Å². The lowest BCUT2D eigenvalue weighted by Crippen LogP contribution is -2.33. The summed E-state index contributed by atoms with van der Waals surface area (Å²) in [4.78, 5) is 10.7. The quantitative estimate of drug-likeness (QED) is 0.841. The smallest absolute Gasteiger partial charge is 0.345 e. The second-order valence-corrected chi connectivity index (χ2v) is 7.23. The van der Waals surface area contributed by atoms with Gasteiger partial charge in [0, 0.05) is 11.4 Å². The number of aromatic carboxylic acids is 1. The van der Waals surface area contributed by atoms with E-state index in [1.54, 1.807) is 6.92 Å². The van der Waals surface area contributed by atoms with Crippen LogP contribution in [0.1, 0.15) is 36.9 Å². The lowest BCUT2D eigenvalue weighted by molar-refractivity contribution is 0.0702. The summed E-state index contributed by atoms with van der Waals surface area (Å²) in [6, 6.07) is 1.00. The molecule has 0 aliphatic rings. The summed E-state index contributed by atoms with van der Waals surface area (Å²) in [7, 11) is -3.62. The lowest BCUT2D eigenvalue weighted by Gasteiger charge is -2.15. The minimum absolute atomic E-state index is 0.0144. The molecule has 0 saturated heterocycles. The van der Waals surface area contributed by atoms with E-state index >= 15 is 0 Å². The van der Waals surface area contributed by atoms with Crippen LogP contribution < -0.4 is 4.72 Å². The molecule has 1 rings (SSSR count). The van der Waals surface area contributed by atoms with Gasteiger partial charge in [0.15, 0.2) is 0 Å². The maximum absolute atomic E-state index is 12.0. The van der Waals surface area contributed by atoms with Crippen molar-refractivity contribution in [1.82, 2.24) is 4.72 Å². The number of nitrogens with one attached hydrogen (secondary N) is 1. The minimum atomic E-state index is -3.62. The number of carboxylic acid groups (broad SMARTS) is 1. The Hall–Kier alpha value is -0.920. The molecule has 0 amide bonds. The van der Waals surface area contributed by atoms with Crippen LogP contribution in [0, 0.1) is 5.92 Å². The number of hydrogen-bond donors (Lipinski definition) is 2. The second kappa shape index (κ2) is 5.81. The predicted molar refractivity (Wildman–Crippen MR) is 70.5 cm³/mol. The molecule has 1 atom stereocenters. The van der Waals surface area contributed by atoms with Crippen LogP contribution in [0.15, 0.2) is 16.3 Å². The number of sulfonamides is 1. The predicted octanol–water partition coefficient (Wildman–Crippen LogP) is 2.16. The highest BCUT2D eigenvalue weighted by Gasteiger charge is 2.20. The summed E-state index contributed by atoms with van der Waals surface area (Å²) in [5, 5.41) is 10.1. The van der Waals surface area contributed by atoms with Crippen LogP contribution in [-0.2, 0) is 10.0 Å². The second-order valence-electron chi connectivity index (χ2n) is 4.60.